The van der Waals surface area contributed by atoms with Crippen LogP contribution in [0.5, 0.6) is 0 Å². The van der Waals surface area contributed by atoms with Gasteiger partial charge in [0.2, 0.25) is 5.91 Å². The normalized spacial score (nSPS) is 18.9. The highest BCUT2D eigenvalue weighted by atomic mass is 19.1. The summed E-state index contributed by atoms with van der Waals surface area (Å²) in [6.45, 7) is 1.20. The van der Waals surface area contributed by atoms with Gasteiger partial charge in [0.05, 0.1) is 5.69 Å². The van der Waals surface area contributed by atoms with Crippen LogP contribution in [0.15, 0.2) is 18.2 Å². The van der Waals surface area contributed by atoms with Crippen molar-refractivity contribution < 1.29 is 19.1 Å². The predicted molar refractivity (Wildman–Crippen MR) is 72.1 cm³/mol. The number of rotatable bonds is 4. The number of aliphatic carboxylic acids is 1. The van der Waals surface area contributed by atoms with Crippen molar-refractivity contribution in [3.63, 3.8) is 0 Å². The number of carboxylic acids is 1. The van der Waals surface area contributed by atoms with Gasteiger partial charge in [0, 0.05) is 25.1 Å². The molecule has 1 heterocycles. The summed E-state index contributed by atoms with van der Waals surface area (Å²) in [5, 5.41) is 8.83. The number of benzene rings is 1. The Kier molecular flexibility index (Phi) is 4.22. The topological polar surface area (TPSA) is 83.6 Å². The Balaban J connectivity index is 2.14. The molecular weight excluding hydrogens is 263 g/mol. The maximum Gasteiger partial charge on any atom is 0.303 e. The number of carbonyl (C=O) groups excluding carboxylic acids is 1. The summed E-state index contributed by atoms with van der Waals surface area (Å²) in [7, 11) is 0. The number of piperidine rings is 1. The molecule has 1 fully saturated rings. The van der Waals surface area contributed by atoms with Crippen LogP contribution < -0.4 is 10.6 Å². The van der Waals surface area contributed by atoms with E-state index in [9.17, 15) is 14.0 Å². The molecule has 1 aliphatic rings. The SMILES string of the molecule is NC(=O)c1ccc(N2CCCC(CC(=O)O)C2)c(F)c1. The number of anilines is 1. The van der Waals surface area contributed by atoms with Crippen LogP contribution in [0.25, 0.3) is 0 Å². The van der Waals surface area contributed by atoms with Gasteiger partial charge in [-0.05, 0) is 37.0 Å². The first-order valence-corrected chi connectivity index (χ1v) is 6.53. The van der Waals surface area contributed by atoms with Crippen molar-refractivity contribution in [3.8, 4) is 0 Å². The molecule has 1 saturated heterocycles. The molecule has 1 aromatic carbocycles. The van der Waals surface area contributed by atoms with Gasteiger partial charge in [0.25, 0.3) is 0 Å². The van der Waals surface area contributed by atoms with Crippen LogP contribution in [0.2, 0.25) is 0 Å². The Hall–Kier alpha value is -2.11. The zero-order chi connectivity index (χ0) is 14.7. The zero-order valence-corrected chi connectivity index (χ0v) is 11.0. The third-order valence-corrected chi connectivity index (χ3v) is 3.56. The molecule has 20 heavy (non-hydrogen) atoms. The van der Waals surface area contributed by atoms with Crippen LogP contribution in [-0.4, -0.2) is 30.1 Å². The molecule has 0 aliphatic carbocycles. The fourth-order valence-electron chi connectivity index (χ4n) is 2.61. The van der Waals surface area contributed by atoms with Crippen LogP contribution in [0, 0.1) is 11.7 Å². The summed E-state index contributed by atoms with van der Waals surface area (Å²) in [5.74, 6) is -1.98. The van der Waals surface area contributed by atoms with Crippen molar-refractivity contribution in [1.29, 1.82) is 0 Å². The van der Waals surface area contributed by atoms with E-state index in [1.54, 1.807) is 0 Å². The third-order valence-electron chi connectivity index (χ3n) is 3.56. The second-order valence-electron chi connectivity index (χ2n) is 5.08. The second kappa shape index (κ2) is 5.90. The molecule has 1 aromatic rings. The summed E-state index contributed by atoms with van der Waals surface area (Å²) >= 11 is 0. The molecule has 1 atom stereocenters. The molecule has 0 bridgehead atoms. The van der Waals surface area contributed by atoms with Gasteiger partial charge < -0.3 is 15.7 Å². The molecule has 0 spiro atoms. The van der Waals surface area contributed by atoms with E-state index in [1.807, 2.05) is 4.90 Å². The minimum Gasteiger partial charge on any atom is -0.481 e. The number of amides is 1. The third kappa shape index (κ3) is 3.26. The summed E-state index contributed by atoms with van der Waals surface area (Å²) in [5.41, 5.74) is 5.63. The van der Waals surface area contributed by atoms with Crippen LogP contribution in [0.1, 0.15) is 29.6 Å². The molecular formula is C14H17FN2O3. The van der Waals surface area contributed by atoms with E-state index in [-0.39, 0.29) is 17.9 Å². The number of nitrogens with two attached hydrogens (primary N) is 1. The van der Waals surface area contributed by atoms with Gasteiger partial charge in [0.15, 0.2) is 0 Å². The van der Waals surface area contributed by atoms with Gasteiger partial charge in [-0.1, -0.05) is 0 Å². The molecule has 0 radical (unpaired) electrons. The van der Waals surface area contributed by atoms with E-state index in [0.717, 1.165) is 18.9 Å². The Labute approximate surface area is 116 Å². The maximum atomic E-state index is 14.0. The van der Waals surface area contributed by atoms with Crippen LogP contribution in [0.3, 0.4) is 0 Å². The monoisotopic (exact) mass is 280 g/mol. The van der Waals surface area contributed by atoms with Crippen molar-refractivity contribution >= 4 is 17.6 Å². The minimum absolute atomic E-state index is 0.0245. The number of nitrogens with zero attached hydrogens (tertiary/aromatic N) is 1. The lowest BCUT2D eigenvalue weighted by molar-refractivity contribution is -0.138. The average molecular weight is 280 g/mol. The molecule has 3 N–H and O–H groups in total. The summed E-state index contributed by atoms with van der Waals surface area (Å²) in [4.78, 5) is 23.6. The summed E-state index contributed by atoms with van der Waals surface area (Å²) < 4.78 is 14.0. The highest BCUT2D eigenvalue weighted by Gasteiger charge is 2.24. The predicted octanol–water partition coefficient (Wildman–Crippen LogP) is 1.62. The fourth-order valence-corrected chi connectivity index (χ4v) is 2.61. The Bertz CT molecular complexity index is 533. The summed E-state index contributed by atoms with van der Waals surface area (Å²) in [6.07, 6.45) is 1.76. The smallest absolute Gasteiger partial charge is 0.303 e. The number of primary amides is 1. The lowest BCUT2D eigenvalue weighted by Gasteiger charge is -2.34. The number of carbonyl (C=O) groups is 2. The van der Waals surface area contributed by atoms with E-state index in [4.69, 9.17) is 10.8 Å². The zero-order valence-electron chi connectivity index (χ0n) is 11.0. The number of carboxylic acid groups (broad SMARTS) is 1. The largest absolute Gasteiger partial charge is 0.481 e. The van der Waals surface area contributed by atoms with Gasteiger partial charge in [-0.2, -0.15) is 0 Å². The molecule has 5 nitrogen and oxygen atoms in total. The number of hydrogen-bond acceptors (Lipinski definition) is 3. The van der Waals surface area contributed by atoms with E-state index in [1.165, 1.54) is 12.1 Å². The fraction of sp³-hybridized carbons (Fsp3) is 0.429. The Morgan fingerprint density at radius 3 is 2.80 bits per heavy atom. The number of hydrogen-bond donors (Lipinski definition) is 2. The first kappa shape index (κ1) is 14.3. The van der Waals surface area contributed by atoms with E-state index < -0.39 is 17.7 Å². The average Bonchev–Trinajstić information content (AvgIpc) is 2.38. The molecule has 2 rings (SSSR count). The molecule has 108 valence electrons. The lowest BCUT2D eigenvalue weighted by Crippen LogP contribution is -2.36. The maximum absolute atomic E-state index is 14.0. The second-order valence-corrected chi connectivity index (χ2v) is 5.08. The van der Waals surface area contributed by atoms with Crippen molar-refractivity contribution in [1.82, 2.24) is 0 Å². The summed E-state index contributed by atoms with van der Waals surface area (Å²) in [6, 6.07) is 4.14. The van der Waals surface area contributed by atoms with Crippen molar-refractivity contribution in [3.05, 3.63) is 29.6 Å². The Morgan fingerprint density at radius 1 is 1.45 bits per heavy atom. The minimum atomic E-state index is -0.832. The molecule has 0 saturated carbocycles. The first-order valence-electron chi connectivity index (χ1n) is 6.53. The van der Waals surface area contributed by atoms with Gasteiger partial charge in [-0.25, -0.2) is 4.39 Å². The quantitative estimate of drug-likeness (QED) is 0.877. The van der Waals surface area contributed by atoms with Gasteiger partial charge in [-0.15, -0.1) is 0 Å². The first-order chi connectivity index (χ1) is 9.47. The van der Waals surface area contributed by atoms with Gasteiger partial charge in [0.1, 0.15) is 5.82 Å². The Morgan fingerprint density at radius 2 is 2.20 bits per heavy atom. The van der Waals surface area contributed by atoms with E-state index in [0.29, 0.717) is 18.8 Å². The standard InChI is InChI=1S/C14H17FN2O3/c15-11-7-10(14(16)20)3-4-12(11)17-5-1-2-9(8-17)6-13(18)19/h3-4,7,9H,1-2,5-6,8H2,(H2,16,20)(H,18,19). The highest BCUT2D eigenvalue weighted by Crippen LogP contribution is 2.27. The van der Waals surface area contributed by atoms with Crippen molar-refractivity contribution in [2.45, 2.75) is 19.3 Å². The van der Waals surface area contributed by atoms with Crippen molar-refractivity contribution in [2.75, 3.05) is 18.0 Å². The van der Waals surface area contributed by atoms with Crippen LogP contribution >= 0.6 is 0 Å². The van der Waals surface area contributed by atoms with Crippen LogP contribution in [0.4, 0.5) is 10.1 Å². The van der Waals surface area contributed by atoms with Gasteiger partial charge in [-0.3, -0.25) is 9.59 Å². The molecule has 1 aliphatic heterocycles. The molecule has 1 amide bonds. The number of halogens is 1. The lowest BCUT2D eigenvalue weighted by atomic mass is 9.94. The van der Waals surface area contributed by atoms with Crippen LogP contribution in [-0.2, 0) is 4.79 Å². The molecule has 0 aromatic heterocycles. The molecule has 6 heteroatoms. The van der Waals surface area contributed by atoms with E-state index in [2.05, 4.69) is 0 Å². The van der Waals surface area contributed by atoms with Crippen molar-refractivity contribution in [2.24, 2.45) is 11.7 Å². The van der Waals surface area contributed by atoms with E-state index >= 15 is 0 Å². The molecule has 1 unspecified atom stereocenters. The van der Waals surface area contributed by atoms with Gasteiger partial charge >= 0.3 is 5.97 Å². The highest BCUT2D eigenvalue weighted by molar-refractivity contribution is 5.93.